The van der Waals surface area contributed by atoms with Gasteiger partial charge in [0.05, 0.1) is 16.7 Å². The van der Waals surface area contributed by atoms with Gasteiger partial charge in [0.15, 0.2) is 17.5 Å². The van der Waals surface area contributed by atoms with E-state index >= 15 is 0 Å². The third-order valence-electron chi connectivity index (χ3n) is 11.8. The SMILES string of the molecule is c1ccc(-c2ccc3c(-n4c5cc6ccccc6cc5c5c6ccccc6ccc54)ccc(-c4nc(-c5ccccc5)nc(-c5ccc6ccccc6c5)n4)c3c2)cc1. The van der Waals surface area contributed by atoms with Crippen molar-refractivity contribution in [1.82, 2.24) is 19.5 Å². The van der Waals surface area contributed by atoms with Gasteiger partial charge in [-0.25, -0.2) is 15.0 Å². The topological polar surface area (TPSA) is 43.6 Å². The van der Waals surface area contributed by atoms with Crippen LogP contribution in [0.15, 0.2) is 206 Å². The predicted molar refractivity (Wildman–Crippen MR) is 246 cm³/mol. The van der Waals surface area contributed by atoms with Crippen molar-refractivity contribution in [2.24, 2.45) is 0 Å². The molecule has 2 heterocycles. The van der Waals surface area contributed by atoms with Gasteiger partial charge >= 0.3 is 0 Å². The Morgan fingerprint density at radius 3 is 1.66 bits per heavy atom. The first kappa shape index (κ1) is 33.2. The van der Waals surface area contributed by atoms with Gasteiger partial charge in [-0.2, -0.15) is 0 Å². The Morgan fingerprint density at radius 2 is 0.881 bits per heavy atom. The molecule has 0 unspecified atom stereocenters. The molecule has 0 spiro atoms. The molecule has 0 aliphatic carbocycles. The fourth-order valence-electron chi connectivity index (χ4n) is 8.93. The third kappa shape index (κ3) is 5.49. The van der Waals surface area contributed by atoms with Crippen molar-refractivity contribution >= 4 is 64.9 Å². The smallest absolute Gasteiger partial charge is 0.164 e. The largest absolute Gasteiger partial charge is 0.309 e. The fourth-order valence-corrected chi connectivity index (χ4v) is 8.93. The zero-order valence-corrected chi connectivity index (χ0v) is 31.9. The fraction of sp³-hybridized carbons (Fsp3) is 0. The second-order valence-electron chi connectivity index (χ2n) is 15.2. The lowest BCUT2D eigenvalue weighted by Gasteiger charge is -2.16. The number of hydrogen-bond acceptors (Lipinski definition) is 3. The summed E-state index contributed by atoms with van der Waals surface area (Å²) < 4.78 is 2.46. The van der Waals surface area contributed by atoms with Crippen molar-refractivity contribution in [3.63, 3.8) is 0 Å². The van der Waals surface area contributed by atoms with Gasteiger partial charge in [-0.05, 0) is 91.3 Å². The molecule has 0 fully saturated rings. The van der Waals surface area contributed by atoms with Crippen LogP contribution in [0.3, 0.4) is 0 Å². The molecule has 0 aliphatic rings. The highest BCUT2D eigenvalue weighted by Gasteiger charge is 2.21. The van der Waals surface area contributed by atoms with Crippen molar-refractivity contribution in [1.29, 1.82) is 0 Å². The zero-order valence-electron chi connectivity index (χ0n) is 31.9. The molecule has 2 aromatic heterocycles. The molecule has 10 aromatic carbocycles. The van der Waals surface area contributed by atoms with Crippen molar-refractivity contribution in [3.05, 3.63) is 206 Å². The summed E-state index contributed by atoms with van der Waals surface area (Å²) in [5.41, 5.74) is 8.54. The van der Waals surface area contributed by atoms with Gasteiger partial charge in [0.1, 0.15) is 0 Å². The zero-order chi connectivity index (χ0) is 38.9. The standard InChI is InChI=1S/C55H34N4/c1-3-13-35(14-4-1)42-25-27-45-47(32-42)46(55-57-53(38-17-5-2-6-18-38)56-54(58-55)43-24-23-36-15-7-8-19-39(36)31-43)28-30-49(45)59-50-29-26-37-16-11-12-22-44(37)52(50)48-33-40-20-9-10-21-41(40)34-51(48)59/h1-34H. The van der Waals surface area contributed by atoms with Crippen LogP contribution in [0.5, 0.6) is 0 Å². The van der Waals surface area contributed by atoms with Crippen LogP contribution in [0.1, 0.15) is 0 Å². The van der Waals surface area contributed by atoms with E-state index in [1.165, 1.54) is 48.7 Å². The first-order valence-electron chi connectivity index (χ1n) is 20.0. The molecule has 4 heteroatoms. The molecule has 12 aromatic rings. The van der Waals surface area contributed by atoms with Gasteiger partial charge < -0.3 is 4.57 Å². The number of aromatic nitrogens is 4. The van der Waals surface area contributed by atoms with Crippen LogP contribution in [-0.2, 0) is 0 Å². The van der Waals surface area contributed by atoms with Crippen LogP contribution in [0.2, 0.25) is 0 Å². The molecule has 0 saturated carbocycles. The summed E-state index contributed by atoms with van der Waals surface area (Å²) in [5.74, 6) is 1.90. The Balaban J connectivity index is 1.16. The van der Waals surface area contributed by atoms with Gasteiger partial charge in [-0.15, -0.1) is 0 Å². The van der Waals surface area contributed by atoms with Crippen LogP contribution in [-0.4, -0.2) is 19.5 Å². The van der Waals surface area contributed by atoms with E-state index in [0.717, 1.165) is 49.7 Å². The summed E-state index contributed by atoms with van der Waals surface area (Å²) in [6, 6.07) is 73.6. The van der Waals surface area contributed by atoms with Crippen molar-refractivity contribution in [2.45, 2.75) is 0 Å². The lowest BCUT2D eigenvalue weighted by molar-refractivity contribution is 1.08. The van der Waals surface area contributed by atoms with E-state index in [-0.39, 0.29) is 0 Å². The molecule has 0 aliphatic heterocycles. The molecule has 0 bridgehead atoms. The average molecular weight is 751 g/mol. The summed E-state index contributed by atoms with van der Waals surface area (Å²) in [5, 5.41) is 11.9. The molecular weight excluding hydrogens is 717 g/mol. The van der Waals surface area contributed by atoms with Crippen LogP contribution in [0.25, 0.3) is 116 Å². The van der Waals surface area contributed by atoms with Crippen molar-refractivity contribution in [3.8, 4) is 51.0 Å². The monoisotopic (exact) mass is 750 g/mol. The summed E-state index contributed by atoms with van der Waals surface area (Å²) >= 11 is 0. The average Bonchev–Trinajstić information content (AvgIpc) is 3.63. The number of nitrogens with zero attached hydrogens (tertiary/aromatic N) is 4. The Hall–Kier alpha value is -7.95. The van der Waals surface area contributed by atoms with E-state index in [0.29, 0.717) is 17.5 Å². The summed E-state index contributed by atoms with van der Waals surface area (Å²) in [4.78, 5) is 15.6. The third-order valence-corrected chi connectivity index (χ3v) is 11.8. The van der Waals surface area contributed by atoms with E-state index in [1.54, 1.807) is 0 Å². The maximum Gasteiger partial charge on any atom is 0.164 e. The molecule has 0 radical (unpaired) electrons. The predicted octanol–water partition coefficient (Wildman–Crippen LogP) is 14.2. The maximum atomic E-state index is 5.29. The van der Waals surface area contributed by atoms with Crippen LogP contribution >= 0.6 is 0 Å². The Kier molecular flexibility index (Phi) is 7.50. The van der Waals surface area contributed by atoms with E-state index in [1.807, 2.05) is 18.2 Å². The van der Waals surface area contributed by atoms with Gasteiger partial charge in [0.25, 0.3) is 0 Å². The molecule has 4 nitrogen and oxygen atoms in total. The molecule has 12 rings (SSSR count). The lowest BCUT2D eigenvalue weighted by atomic mass is 9.96. The van der Waals surface area contributed by atoms with E-state index in [2.05, 4.69) is 193 Å². The van der Waals surface area contributed by atoms with Crippen molar-refractivity contribution < 1.29 is 0 Å². The molecule has 0 saturated heterocycles. The minimum Gasteiger partial charge on any atom is -0.309 e. The second kappa shape index (κ2) is 13.3. The highest BCUT2D eigenvalue weighted by Crippen LogP contribution is 2.42. The summed E-state index contributed by atoms with van der Waals surface area (Å²) in [6.45, 7) is 0. The minimum atomic E-state index is 0.628. The second-order valence-corrected chi connectivity index (χ2v) is 15.2. The van der Waals surface area contributed by atoms with Gasteiger partial charge in [0.2, 0.25) is 0 Å². The number of rotatable bonds is 5. The maximum absolute atomic E-state index is 5.29. The summed E-state index contributed by atoms with van der Waals surface area (Å²) in [7, 11) is 0. The van der Waals surface area contributed by atoms with E-state index < -0.39 is 0 Å². The number of fused-ring (bicyclic) bond motifs is 8. The normalized spacial score (nSPS) is 11.7. The van der Waals surface area contributed by atoms with E-state index in [9.17, 15) is 0 Å². The van der Waals surface area contributed by atoms with Crippen LogP contribution in [0, 0.1) is 0 Å². The molecule has 274 valence electrons. The van der Waals surface area contributed by atoms with Gasteiger partial charge in [-0.1, -0.05) is 164 Å². The quantitative estimate of drug-likeness (QED) is 0.176. The molecule has 0 atom stereocenters. The van der Waals surface area contributed by atoms with Gasteiger partial charge in [0, 0.05) is 32.8 Å². The Labute approximate surface area is 340 Å². The number of benzene rings is 10. The minimum absolute atomic E-state index is 0.628. The van der Waals surface area contributed by atoms with E-state index in [4.69, 9.17) is 15.0 Å². The first-order chi connectivity index (χ1) is 29.2. The Morgan fingerprint density at radius 1 is 0.288 bits per heavy atom. The van der Waals surface area contributed by atoms with Crippen LogP contribution in [0.4, 0.5) is 0 Å². The number of hydrogen-bond donors (Lipinski definition) is 0. The highest BCUT2D eigenvalue weighted by atomic mass is 15.0. The lowest BCUT2D eigenvalue weighted by Crippen LogP contribution is -2.02. The van der Waals surface area contributed by atoms with Crippen molar-refractivity contribution in [2.75, 3.05) is 0 Å². The Bertz CT molecular complexity index is 3610. The molecule has 0 N–H and O–H groups in total. The van der Waals surface area contributed by atoms with Gasteiger partial charge in [-0.3, -0.25) is 0 Å². The molecule has 0 amide bonds. The summed E-state index contributed by atoms with van der Waals surface area (Å²) in [6.07, 6.45) is 0. The van der Waals surface area contributed by atoms with Crippen LogP contribution < -0.4 is 0 Å². The highest BCUT2D eigenvalue weighted by molar-refractivity contribution is 6.24. The first-order valence-corrected chi connectivity index (χ1v) is 20.0. The molecule has 59 heavy (non-hydrogen) atoms. The molecular formula is C55H34N4.